The van der Waals surface area contributed by atoms with Crippen molar-refractivity contribution in [2.75, 3.05) is 40.3 Å². The second kappa shape index (κ2) is 10.5. The number of nitrogens with zero attached hydrogens (tertiary/aromatic N) is 2. The molecule has 0 aliphatic carbocycles. The molecule has 2 aliphatic rings. The lowest BCUT2D eigenvalue weighted by Gasteiger charge is -2.43. The van der Waals surface area contributed by atoms with Crippen molar-refractivity contribution in [1.29, 1.82) is 0 Å². The van der Waals surface area contributed by atoms with Gasteiger partial charge in [0, 0.05) is 58.3 Å². The number of piperidine rings is 2. The molecular weight excluding hydrogens is 433 g/mol. The molecule has 1 atom stereocenters. The summed E-state index contributed by atoms with van der Waals surface area (Å²) in [5.41, 5.74) is 0.0527. The van der Waals surface area contributed by atoms with Crippen molar-refractivity contribution in [2.45, 2.75) is 57.2 Å². The highest BCUT2D eigenvalue weighted by Crippen LogP contribution is 2.21. The number of nitrogens with one attached hydrogen (secondary N) is 3. The van der Waals surface area contributed by atoms with Crippen LogP contribution in [0.3, 0.4) is 0 Å². The molecular formula is C17H34IN5O2. The predicted molar refractivity (Wildman–Crippen MR) is 112 cm³/mol. The number of carbonyl (C=O) groups is 1. The first kappa shape index (κ1) is 22.4. The molecule has 0 aromatic carbocycles. The number of amides is 1. The molecule has 25 heavy (non-hydrogen) atoms. The van der Waals surface area contributed by atoms with Gasteiger partial charge in [-0.05, 0) is 33.1 Å². The number of carbonyl (C=O) groups excluding carboxylic acids is 1. The number of hydrogen-bond acceptors (Lipinski definition) is 4. The lowest BCUT2D eigenvalue weighted by molar-refractivity contribution is -0.122. The zero-order valence-corrected chi connectivity index (χ0v) is 18.3. The molecule has 0 saturated carbocycles. The molecule has 7 nitrogen and oxygen atoms in total. The molecule has 2 heterocycles. The summed E-state index contributed by atoms with van der Waals surface area (Å²) in [5, 5.41) is 9.74. The number of rotatable bonds is 5. The normalized spacial score (nSPS) is 23.6. The Kier molecular flexibility index (Phi) is 9.44. The number of guanidine groups is 1. The minimum atomic E-state index is 0. The predicted octanol–water partition coefficient (Wildman–Crippen LogP) is 0.937. The zero-order valence-electron chi connectivity index (χ0n) is 15.9. The van der Waals surface area contributed by atoms with Gasteiger partial charge in [-0.1, -0.05) is 0 Å². The Labute approximate surface area is 168 Å². The van der Waals surface area contributed by atoms with Gasteiger partial charge in [-0.2, -0.15) is 0 Å². The minimum absolute atomic E-state index is 0. The van der Waals surface area contributed by atoms with Crippen LogP contribution in [0.4, 0.5) is 0 Å². The molecule has 2 rings (SSSR count). The van der Waals surface area contributed by atoms with Crippen LogP contribution in [0.15, 0.2) is 4.99 Å². The Bertz CT molecular complexity index is 440. The summed E-state index contributed by atoms with van der Waals surface area (Å²) >= 11 is 0. The molecule has 146 valence electrons. The van der Waals surface area contributed by atoms with Crippen LogP contribution in [0.25, 0.3) is 0 Å². The summed E-state index contributed by atoms with van der Waals surface area (Å²) in [6.45, 7) is 8.14. The molecule has 0 radical (unpaired) electrons. The van der Waals surface area contributed by atoms with Gasteiger partial charge >= 0.3 is 0 Å². The lowest BCUT2D eigenvalue weighted by atomic mass is 9.97. The van der Waals surface area contributed by atoms with Gasteiger partial charge in [-0.3, -0.25) is 14.7 Å². The van der Waals surface area contributed by atoms with E-state index in [1.807, 2.05) is 0 Å². The van der Waals surface area contributed by atoms with E-state index >= 15 is 0 Å². The van der Waals surface area contributed by atoms with Crippen molar-refractivity contribution in [3.8, 4) is 0 Å². The van der Waals surface area contributed by atoms with Crippen molar-refractivity contribution >= 4 is 35.8 Å². The lowest BCUT2D eigenvalue weighted by Crippen LogP contribution is -2.57. The fraction of sp³-hybridized carbons (Fsp3) is 0.882. The standard InChI is InChI=1S/C17H33N5O2.HI/c1-17(2,22-9-7-14(24-4)8-10-22)12-20-16(18-3)21-13-5-6-15(23)19-11-13;/h13-14H,5-12H2,1-4H3,(H,19,23)(H2,18,20,21);1H. The number of ether oxygens (including phenoxy) is 1. The third-order valence-corrected chi connectivity index (χ3v) is 5.15. The van der Waals surface area contributed by atoms with Gasteiger partial charge in [0.15, 0.2) is 5.96 Å². The average molecular weight is 467 g/mol. The zero-order chi connectivity index (χ0) is 17.6. The van der Waals surface area contributed by atoms with Crippen LogP contribution in [-0.4, -0.2) is 74.8 Å². The second-order valence-corrected chi connectivity index (χ2v) is 7.34. The Morgan fingerprint density at radius 3 is 2.56 bits per heavy atom. The molecule has 2 saturated heterocycles. The summed E-state index contributed by atoms with van der Waals surface area (Å²) in [4.78, 5) is 18.1. The van der Waals surface area contributed by atoms with Gasteiger partial charge < -0.3 is 20.7 Å². The van der Waals surface area contributed by atoms with Gasteiger partial charge in [0.25, 0.3) is 0 Å². The van der Waals surface area contributed by atoms with Crippen LogP contribution in [-0.2, 0) is 9.53 Å². The highest BCUT2D eigenvalue weighted by molar-refractivity contribution is 14.0. The van der Waals surface area contributed by atoms with E-state index in [4.69, 9.17) is 4.74 Å². The number of hydrogen-bond donors (Lipinski definition) is 3. The van der Waals surface area contributed by atoms with E-state index < -0.39 is 0 Å². The molecule has 0 bridgehead atoms. The number of methoxy groups -OCH3 is 1. The van der Waals surface area contributed by atoms with Crippen molar-refractivity contribution in [2.24, 2.45) is 4.99 Å². The summed E-state index contributed by atoms with van der Waals surface area (Å²) in [6.07, 6.45) is 4.01. The number of likely N-dealkylation sites (tertiary alicyclic amines) is 1. The maximum absolute atomic E-state index is 11.2. The summed E-state index contributed by atoms with van der Waals surface area (Å²) in [5.74, 6) is 0.938. The number of aliphatic imine (C=N–C) groups is 1. The topological polar surface area (TPSA) is 78.0 Å². The van der Waals surface area contributed by atoms with Crippen LogP contribution in [0.5, 0.6) is 0 Å². The SMILES string of the molecule is CN=C(NCC(C)(C)N1CCC(OC)CC1)NC1CCC(=O)NC1.I. The van der Waals surface area contributed by atoms with Crippen LogP contribution in [0.1, 0.15) is 39.5 Å². The molecule has 0 aromatic heterocycles. The van der Waals surface area contributed by atoms with E-state index in [2.05, 4.69) is 39.7 Å². The van der Waals surface area contributed by atoms with E-state index in [0.717, 1.165) is 44.9 Å². The molecule has 2 aliphatic heterocycles. The molecule has 1 amide bonds. The Balaban J connectivity index is 0.00000312. The smallest absolute Gasteiger partial charge is 0.220 e. The summed E-state index contributed by atoms with van der Waals surface area (Å²) < 4.78 is 5.46. The molecule has 0 aromatic rings. The van der Waals surface area contributed by atoms with Gasteiger partial charge in [0.05, 0.1) is 6.10 Å². The second-order valence-electron chi connectivity index (χ2n) is 7.34. The van der Waals surface area contributed by atoms with Gasteiger partial charge in [-0.25, -0.2) is 0 Å². The first-order valence-electron chi connectivity index (χ1n) is 8.96. The summed E-state index contributed by atoms with van der Waals surface area (Å²) in [6, 6.07) is 0.245. The minimum Gasteiger partial charge on any atom is -0.381 e. The third-order valence-electron chi connectivity index (χ3n) is 5.15. The Morgan fingerprint density at radius 1 is 1.36 bits per heavy atom. The van der Waals surface area contributed by atoms with Gasteiger partial charge in [0.2, 0.25) is 5.91 Å². The van der Waals surface area contributed by atoms with E-state index in [0.29, 0.717) is 19.1 Å². The fourth-order valence-corrected chi connectivity index (χ4v) is 3.35. The highest BCUT2D eigenvalue weighted by Gasteiger charge is 2.31. The molecule has 8 heteroatoms. The molecule has 2 fully saturated rings. The van der Waals surface area contributed by atoms with Crippen LogP contribution < -0.4 is 16.0 Å². The first-order chi connectivity index (χ1) is 11.4. The van der Waals surface area contributed by atoms with Crippen LogP contribution in [0.2, 0.25) is 0 Å². The molecule has 1 unspecified atom stereocenters. The maximum atomic E-state index is 11.2. The van der Waals surface area contributed by atoms with E-state index in [1.165, 1.54) is 0 Å². The fourth-order valence-electron chi connectivity index (χ4n) is 3.35. The Morgan fingerprint density at radius 2 is 2.04 bits per heavy atom. The van der Waals surface area contributed by atoms with Crippen molar-refractivity contribution in [3.05, 3.63) is 0 Å². The maximum Gasteiger partial charge on any atom is 0.220 e. The van der Waals surface area contributed by atoms with Crippen LogP contribution >= 0.6 is 24.0 Å². The van der Waals surface area contributed by atoms with E-state index in [1.54, 1.807) is 14.2 Å². The largest absolute Gasteiger partial charge is 0.381 e. The van der Waals surface area contributed by atoms with Gasteiger partial charge in [0.1, 0.15) is 0 Å². The Hall–Kier alpha value is -0.610. The first-order valence-corrected chi connectivity index (χ1v) is 8.96. The third kappa shape index (κ3) is 6.90. The highest BCUT2D eigenvalue weighted by atomic mass is 127. The summed E-state index contributed by atoms with van der Waals surface area (Å²) in [7, 11) is 3.59. The molecule has 0 spiro atoms. The van der Waals surface area contributed by atoms with Crippen molar-refractivity contribution in [1.82, 2.24) is 20.9 Å². The van der Waals surface area contributed by atoms with Gasteiger partial charge in [-0.15, -0.1) is 24.0 Å². The monoisotopic (exact) mass is 467 g/mol. The van der Waals surface area contributed by atoms with E-state index in [-0.39, 0.29) is 41.5 Å². The average Bonchev–Trinajstić information content (AvgIpc) is 2.60. The molecule has 3 N–H and O–H groups in total. The number of halogens is 1. The van der Waals surface area contributed by atoms with Crippen molar-refractivity contribution in [3.63, 3.8) is 0 Å². The van der Waals surface area contributed by atoms with Crippen LogP contribution in [0, 0.1) is 0 Å². The quantitative estimate of drug-likeness (QED) is 0.319. The van der Waals surface area contributed by atoms with E-state index in [9.17, 15) is 4.79 Å². The van der Waals surface area contributed by atoms with Crippen molar-refractivity contribution < 1.29 is 9.53 Å².